The Morgan fingerprint density at radius 3 is 2.33 bits per heavy atom. The lowest BCUT2D eigenvalue weighted by atomic mass is 10.2. The van der Waals surface area contributed by atoms with Crippen LogP contribution < -0.4 is 5.32 Å². The summed E-state index contributed by atoms with van der Waals surface area (Å²) in [6.45, 7) is 0.484. The Hall–Kier alpha value is -0.850. The molecule has 0 aliphatic carbocycles. The van der Waals surface area contributed by atoms with E-state index >= 15 is 0 Å². The van der Waals surface area contributed by atoms with Gasteiger partial charge in [0.05, 0.1) is 10.7 Å². The van der Waals surface area contributed by atoms with Crippen molar-refractivity contribution in [2.45, 2.75) is 16.9 Å². The number of anilines is 1. The number of rotatable bonds is 4. The maximum Gasteiger partial charge on any atom is 0.446 e. The maximum atomic E-state index is 12.2. The minimum Gasteiger partial charge on any atom is -0.380 e. The van der Waals surface area contributed by atoms with Crippen LogP contribution in [-0.4, -0.2) is 5.51 Å². The van der Waals surface area contributed by atoms with Gasteiger partial charge in [0.15, 0.2) is 0 Å². The number of alkyl halides is 3. The van der Waals surface area contributed by atoms with Crippen molar-refractivity contribution >= 4 is 45.0 Å². The molecule has 0 bridgehead atoms. The van der Waals surface area contributed by atoms with E-state index < -0.39 is 5.51 Å². The van der Waals surface area contributed by atoms with Gasteiger partial charge in [-0.05, 0) is 47.7 Å². The molecular formula is C14H10BrClF3NS. The minimum atomic E-state index is -4.26. The minimum absolute atomic E-state index is 0.119. The van der Waals surface area contributed by atoms with Gasteiger partial charge in [-0.1, -0.05) is 39.7 Å². The first kappa shape index (κ1) is 16.5. The molecule has 0 aliphatic rings. The van der Waals surface area contributed by atoms with Gasteiger partial charge in [-0.2, -0.15) is 13.2 Å². The maximum absolute atomic E-state index is 12.2. The van der Waals surface area contributed by atoms with Gasteiger partial charge in [0, 0.05) is 15.9 Å². The summed E-state index contributed by atoms with van der Waals surface area (Å²) in [7, 11) is 0. The third kappa shape index (κ3) is 5.45. The summed E-state index contributed by atoms with van der Waals surface area (Å²) in [6, 6.07) is 11.7. The van der Waals surface area contributed by atoms with Crippen LogP contribution in [0.4, 0.5) is 18.9 Å². The topological polar surface area (TPSA) is 12.0 Å². The normalized spacial score (nSPS) is 11.5. The van der Waals surface area contributed by atoms with E-state index in [-0.39, 0.29) is 16.7 Å². The van der Waals surface area contributed by atoms with Crippen LogP contribution in [0.1, 0.15) is 5.56 Å². The van der Waals surface area contributed by atoms with Crippen molar-refractivity contribution in [3.8, 4) is 0 Å². The summed E-state index contributed by atoms with van der Waals surface area (Å²) in [4.78, 5) is 0.174. The molecule has 1 N–H and O–H groups in total. The van der Waals surface area contributed by atoms with Gasteiger partial charge >= 0.3 is 5.51 Å². The number of benzene rings is 2. The zero-order valence-corrected chi connectivity index (χ0v) is 13.7. The van der Waals surface area contributed by atoms with Crippen LogP contribution in [0.2, 0.25) is 5.02 Å². The molecule has 0 saturated heterocycles. The zero-order valence-electron chi connectivity index (χ0n) is 10.5. The fourth-order valence-electron chi connectivity index (χ4n) is 1.64. The van der Waals surface area contributed by atoms with Crippen LogP contribution in [0.5, 0.6) is 0 Å². The van der Waals surface area contributed by atoms with E-state index in [1.54, 1.807) is 18.2 Å². The van der Waals surface area contributed by atoms with E-state index in [0.29, 0.717) is 11.6 Å². The Morgan fingerprint density at radius 2 is 1.76 bits per heavy atom. The Bertz CT molecular complexity index is 617. The van der Waals surface area contributed by atoms with E-state index in [1.165, 1.54) is 12.1 Å². The van der Waals surface area contributed by atoms with Crippen LogP contribution in [0, 0.1) is 0 Å². The highest BCUT2D eigenvalue weighted by molar-refractivity contribution is 9.10. The smallest absolute Gasteiger partial charge is 0.380 e. The van der Waals surface area contributed by atoms with Gasteiger partial charge < -0.3 is 5.32 Å². The van der Waals surface area contributed by atoms with Gasteiger partial charge in [-0.3, -0.25) is 0 Å². The summed E-state index contributed by atoms with van der Waals surface area (Å²) in [5.74, 6) is 0. The molecule has 0 amide bonds. The van der Waals surface area contributed by atoms with E-state index in [9.17, 15) is 13.2 Å². The SMILES string of the molecule is FC(F)(F)Sc1ccc(CNc2ccc(Br)cc2Cl)cc1. The van der Waals surface area contributed by atoms with Crippen molar-refractivity contribution < 1.29 is 13.2 Å². The second-order valence-corrected chi connectivity index (χ2v) is 6.63. The lowest BCUT2D eigenvalue weighted by Crippen LogP contribution is -2.01. The van der Waals surface area contributed by atoms with Crippen molar-refractivity contribution in [3.63, 3.8) is 0 Å². The van der Waals surface area contributed by atoms with Crippen molar-refractivity contribution in [1.82, 2.24) is 0 Å². The van der Waals surface area contributed by atoms with E-state index in [2.05, 4.69) is 21.2 Å². The number of hydrogen-bond acceptors (Lipinski definition) is 2. The molecule has 0 unspecified atom stereocenters. The van der Waals surface area contributed by atoms with Gasteiger partial charge in [0.1, 0.15) is 0 Å². The fourth-order valence-corrected chi connectivity index (χ4v) is 2.92. The van der Waals surface area contributed by atoms with Crippen LogP contribution in [0.3, 0.4) is 0 Å². The molecule has 2 aromatic rings. The third-order valence-corrected chi connectivity index (χ3v) is 4.12. The molecule has 0 saturated carbocycles. The van der Waals surface area contributed by atoms with Crippen LogP contribution in [0.15, 0.2) is 51.8 Å². The second kappa shape index (κ2) is 6.94. The molecule has 21 heavy (non-hydrogen) atoms. The number of halogens is 5. The van der Waals surface area contributed by atoms with Gasteiger partial charge in [-0.25, -0.2) is 0 Å². The first-order valence-electron chi connectivity index (χ1n) is 5.87. The second-order valence-electron chi connectivity index (χ2n) is 4.17. The largest absolute Gasteiger partial charge is 0.446 e. The van der Waals surface area contributed by atoms with Crippen LogP contribution >= 0.6 is 39.3 Å². The van der Waals surface area contributed by atoms with E-state index in [4.69, 9.17) is 11.6 Å². The predicted octanol–water partition coefficient (Wildman–Crippen LogP) is 6.33. The Balaban J connectivity index is 1.97. The van der Waals surface area contributed by atoms with Crippen LogP contribution in [0.25, 0.3) is 0 Å². The molecule has 0 heterocycles. The summed E-state index contributed by atoms with van der Waals surface area (Å²) in [5.41, 5.74) is -2.61. The first-order valence-corrected chi connectivity index (χ1v) is 7.86. The molecule has 0 spiro atoms. The summed E-state index contributed by atoms with van der Waals surface area (Å²) < 4.78 is 37.5. The Morgan fingerprint density at radius 1 is 1.10 bits per heavy atom. The van der Waals surface area contributed by atoms with Crippen molar-refractivity contribution in [2.24, 2.45) is 0 Å². The van der Waals surface area contributed by atoms with Gasteiger partial charge in [0.2, 0.25) is 0 Å². The quantitative estimate of drug-likeness (QED) is 0.606. The molecule has 0 fully saturated rings. The van der Waals surface area contributed by atoms with Crippen LogP contribution in [-0.2, 0) is 6.54 Å². The summed E-state index contributed by atoms with van der Waals surface area (Å²) >= 11 is 9.27. The lowest BCUT2D eigenvalue weighted by Gasteiger charge is -2.10. The molecule has 0 aliphatic heterocycles. The molecule has 1 nitrogen and oxygen atoms in total. The van der Waals surface area contributed by atoms with Crippen molar-refractivity contribution in [1.29, 1.82) is 0 Å². The zero-order chi connectivity index (χ0) is 15.5. The average molecular weight is 397 g/mol. The van der Waals surface area contributed by atoms with E-state index in [1.807, 2.05) is 12.1 Å². The molecule has 7 heteroatoms. The number of hydrogen-bond donors (Lipinski definition) is 1. The third-order valence-electron chi connectivity index (χ3n) is 2.57. The van der Waals surface area contributed by atoms with Crippen molar-refractivity contribution in [3.05, 3.63) is 57.5 Å². The van der Waals surface area contributed by atoms with Gasteiger partial charge in [-0.15, -0.1) is 0 Å². The Labute approximate surface area is 138 Å². The highest BCUT2D eigenvalue weighted by Crippen LogP contribution is 2.36. The van der Waals surface area contributed by atoms with Gasteiger partial charge in [0.25, 0.3) is 0 Å². The molecule has 0 aromatic heterocycles. The predicted molar refractivity (Wildman–Crippen MR) is 84.8 cm³/mol. The molecular weight excluding hydrogens is 387 g/mol. The summed E-state index contributed by atoms with van der Waals surface area (Å²) in [5, 5.41) is 3.72. The first-order chi connectivity index (χ1) is 9.83. The molecule has 112 valence electrons. The molecule has 2 aromatic carbocycles. The molecule has 2 rings (SSSR count). The molecule has 0 atom stereocenters. The number of thioether (sulfide) groups is 1. The number of nitrogens with one attached hydrogen (secondary N) is 1. The Kier molecular flexibility index (Phi) is 5.46. The highest BCUT2D eigenvalue weighted by atomic mass is 79.9. The summed E-state index contributed by atoms with van der Waals surface area (Å²) in [6.07, 6.45) is 0. The molecule has 0 radical (unpaired) electrons. The average Bonchev–Trinajstić information content (AvgIpc) is 2.38. The van der Waals surface area contributed by atoms with E-state index in [0.717, 1.165) is 15.7 Å². The lowest BCUT2D eigenvalue weighted by molar-refractivity contribution is -0.0328. The standard InChI is InChI=1S/C14H10BrClF3NS/c15-10-3-6-13(12(16)7-10)20-8-9-1-4-11(5-2-9)21-14(17,18)19/h1-7,20H,8H2. The monoisotopic (exact) mass is 395 g/mol. The van der Waals surface area contributed by atoms with Crippen molar-refractivity contribution in [2.75, 3.05) is 5.32 Å². The highest BCUT2D eigenvalue weighted by Gasteiger charge is 2.28. The fraction of sp³-hybridized carbons (Fsp3) is 0.143.